The van der Waals surface area contributed by atoms with Crippen LogP contribution in [0.4, 0.5) is 5.69 Å². The van der Waals surface area contributed by atoms with Crippen molar-refractivity contribution in [1.82, 2.24) is 4.90 Å². The summed E-state index contributed by atoms with van der Waals surface area (Å²) >= 11 is 6.04. The van der Waals surface area contributed by atoms with Crippen LogP contribution in [-0.2, 0) is 9.59 Å². The largest absolute Gasteiger partial charge is 0.481 e. The lowest BCUT2D eigenvalue weighted by atomic mass is 10.1. The van der Waals surface area contributed by atoms with Crippen LogP contribution in [0.25, 0.3) is 0 Å². The van der Waals surface area contributed by atoms with Gasteiger partial charge in [-0.3, -0.25) is 9.59 Å². The smallest absolute Gasteiger partial charge is 0.303 e. The molecule has 5 nitrogen and oxygen atoms in total. The fourth-order valence-corrected chi connectivity index (χ4v) is 2.66. The summed E-state index contributed by atoms with van der Waals surface area (Å²) in [7, 11) is 0. The molecule has 0 saturated carbocycles. The van der Waals surface area contributed by atoms with E-state index in [1.165, 1.54) is 0 Å². The van der Waals surface area contributed by atoms with Crippen molar-refractivity contribution in [3.63, 3.8) is 0 Å². The van der Waals surface area contributed by atoms with E-state index >= 15 is 0 Å². The third-order valence-electron chi connectivity index (χ3n) is 3.70. The number of carbonyl (C=O) groups excluding carboxylic acids is 1. The van der Waals surface area contributed by atoms with Gasteiger partial charge in [0, 0.05) is 43.3 Å². The van der Waals surface area contributed by atoms with Gasteiger partial charge >= 0.3 is 5.97 Å². The monoisotopic (exact) mass is 310 g/mol. The van der Waals surface area contributed by atoms with Crippen LogP contribution in [0.1, 0.15) is 18.4 Å². The number of carboxylic acids is 1. The summed E-state index contributed by atoms with van der Waals surface area (Å²) in [5.41, 5.74) is 2.25. The van der Waals surface area contributed by atoms with E-state index in [-0.39, 0.29) is 18.7 Å². The quantitative estimate of drug-likeness (QED) is 0.926. The number of halogens is 1. The molecule has 1 aliphatic heterocycles. The second kappa shape index (κ2) is 6.80. The zero-order valence-corrected chi connectivity index (χ0v) is 12.8. The Hall–Kier alpha value is -1.75. The highest BCUT2D eigenvalue weighted by atomic mass is 35.5. The number of carboxylic acid groups (broad SMARTS) is 1. The van der Waals surface area contributed by atoms with Gasteiger partial charge in [-0.05, 0) is 24.6 Å². The Balaban J connectivity index is 1.92. The summed E-state index contributed by atoms with van der Waals surface area (Å²) in [5, 5.41) is 9.32. The molecule has 0 radical (unpaired) electrons. The van der Waals surface area contributed by atoms with Gasteiger partial charge in [0.05, 0.1) is 6.42 Å². The maximum Gasteiger partial charge on any atom is 0.303 e. The fraction of sp³-hybridized carbons (Fsp3) is 0.467. The molecule has 0 spiro atoms. The van der Waals surface area contributed by atoms with Crippen molar-refractivity contribution in [2.24, 2.45) is 0 Å². The summed E-state index contributed by atoms with van der Waals surface area (Å²) in [5.74, 6) is -1.02. The van der Waals surface area contributed by atoms with Crippen LogP contribution in [0.15, 0.2) is 18.2 Å². The molecule has 1 N–H and O–H groups in total. The van der Waals surface area contributed by atoms with Crippen molar-refractivity contribution in [3.05, 3.63) is 28.8 Å². The zero-order valence-electron chi connectivity index (χ0n) is 12.0. The van der Waals surface area contributed by atoms with Crippen molar-refractivity contribution in [1.29, 1.82) is 0 Å². The van der Waals surface area contributed by atoms with Crippen molar-refractivity contribution in [3.8, 4) is 0 Å². The van der Waals surface area contributed by atoms with Crippen LogP contribution < -0.4 is 4.90 Å². The predicted octanol–water partition coefficient (Wildman–Crippen LogP) is 2.16. The first-order valence-corrected chi connectivity index (χ1v) is 7.36. The molecular formula is C15H19ClN2O3. The molecule has 21 heavy (non-hydrogen) atoms. The molecular weight excluding hydrogens is 292 g/mol. The number of nitrogens with zero attached hydrogens (tertiary/aromatic N) is 2. The standard InChI is InChI=1S/C15H19ClN2O3/c1-11-2-3-12(16)10-13(11)17-6-8-18(9-7-17)14(19)4-5-15(20)21/h2-3,10H,4-9H2,1H3,(H,20,21). The molecule has 1 amide bonds. The lowest BCUT2D eigenvalue weighted by Crippen LogP contribution is -2.49. The number of hydrogen-bond acceptors (Lipinski definition) is 3. The van der Waals surface area contributed by atoms with Gasteiger partial charge in [-0.15, -0.1) is 0 Å². The fourth-order valence-electron chi connectivity index (χ4n) is 2.49. The first-order chi connectivity index (χ1) is 9.97. The first-order valence-electron chi connectivity index (χ1n) is 6.98. The van der Waals surface area contributed by atoms with E-state index in [0.29, 0.717) is 18.1 Å². The van der Waals surface area contributed by atoms with Crippen LogP contribution in [0, 0.1) is 6.92 Å². The summed E-state index contributed by atoms with van der Waals surface area (Å²) in [6, 6.07) is 5.80. The van der Waals surface area contributed by atoms with Crippen LogP contribution in [0.3, 0.4) is 0 Å². The summed E-state index contributed by atoms with van der Waals surface area (Å²) in [6.07, 6.45) is -0.0298. The van der Waals surface area contributed by atoms with Gasteiger partial charge in [-0.1, -0.05) is 17.7 Å². The average molecular weight is 311 g/mol. The van der Waals surface area contributed by atoms with Crippen LogP contribution in [0.5, 0.6) is 0 Å². The SMILES string of the molecule is Cc1ccc(Cl)cc1N1CCN(C(=O)CCC(=O)O)CC1. The highest BCUT2D eigenvalue weighted by molar-refractivity contribution is 6.30. The molecule has 0 unspecified atom stereocenters. The molecule has 1 aromatic rings. The Labute approximate surface area is 129 Å². The Morgan fingerprint density at radius 3 is 2.48 bits per heavy atom. The zero-order chi connectivity index (χ0) is 15.4. The Bertz CT molecular complexity index is 540. The minimum Gasteiger partial charge on any atom is -0.481 e. The third-order valence-corrected chi connectivity index (χ3v) is 3.93. The number of carbonyl (C=O) groups is 2. The molecule has 1 saturated heterocycles. The molecule has 0 aliphatic carbocycles. The van der Waals surface area contributed by atoms with Gasteiger partial charge < -0.3 is 14.9 Å². The van der Waals surface area contributed by atoms with E-state index in [1.54, 1.807) is 4.90 Å². The second-order valence-corrected chi connectivity index (χ2v) is 5.63. The topological polar surface area (TPSA) is 60.9 Å². The predicted molar refractivity (Wildman–Crippen MR) is 81.9 cm³/mol. The number of anilines is 1. The van der Waals surface area contributed by atoms with Gasteiger partial charge in [0.1, 0.15) is 0 Å². The Kier molecular flexibility index (Phi) is 5.07. The van der Waals surface area contributed by atoms with Crippen LogP contribution in [0.2, 0.25) is 5.02 Å². The van der Waals surface area contributed by atoms with Gasteiger partial charge in [-0.25, -0.2) is 0 Å². The number of aliphatic carboxylic acids is 1. The van der Waals surface area contributed by atoms with Crippen molar-refractivity contribution >= 4 is 29.2 Å². The molecule has 0 atom stereocenters. The van der Waals surface area contributed by atoms with E-state index in [1.807, 2.05) is 25.1 Å². The van der Waals surface area contributed by atoms with Crippen molar-refractivity contribution in [2.45, 2.75) is 19.8 Å². The van der Waals surface area contributed by atoms with E-state index in [0.717, 1.165) is 24.3 Å². The van der Waals surface area contributed by atoms with E-state index in [9.17, 15) is 9.59 Å². The number of hydrogen-bond donors (Lipinski definition) is 1. The number of benzene rings is 1. The minimum absolute atomic E-state index is 0.0749. The number of rotatable bonds is 4. The summed E-state index contributed by atoms with van der Waals surface area (Å²) in [4.78, 5) is 26.3. The maximum absolute atomic E-state index is 11.9. The summed E-state index contributed by atoms with van der Waals surface area (Å²) < 4.78 is 0. The first kappa shape index (κ1) is 15.6. The molecule has 0 bridgehead atoms. The molecule has 1 fully saturated rings. The molecule has 1 aliphatic rings. The van der Waals surface area contributed by atoms with E-state index < -0.39 is 5.97 Å². The van der Waals surface area contributed by atoms with Gasteiger partial charge in [0.15, 0.2) is 0 Å². The highest BCUT2D eigenvalue weighted by Gasteiger charge is 2.22. The average Bonchev–Trinajstić information content (AvgIpc) is 2.47. The second-order valence-electron chi connectivity index (χ2n) is 5.19. The van der Waals surface area contributed by atoms with E-state index in [4.69, 9.17) is 16.7 Å². The van der Waals surface area contributed by atoms with Gasteiger partial charge in [0.2, 0.25) is 5.91 Å². The molecule has 6 heteroatoms. The minimum atomic E-state index is -0.934. The van der Waals surface area contributed by atoms with Crippen molar-refractivity contribution < 1.29 is 14.7 Å². The molecule has 2 rings (SSSR count). The molecule has 1 heterocycles. The third kappa shape index (κ3) is 4.11. The van der Waals surface area contributed by atoms with E-state index in [2.05, 4.69) is 4.90 Å². The number of amides is 1. The van der Waals surface area contributed by atoms with Gasteiger partial charge in [-0.2, -0.15) is 0 Å². The molecule has 114 valence electrons. The number of aryl methyl sites for hydroxylation is 1. The van der Waals surface area contributed by atoms with Gasteiger partial charge in [0.25, 0.3) is 0 Å². The molecule has 0 aromatic heterocycles. The van der Waals surface area contributed by atoms with Crippen LogP contribution >= 0.6 is 11.6 Å². The lowest BCUT2D eigenvalue weighted by Gasteiger charge is -2.37. The maximum atomic E-state index is 11.9. The van der Waals surface area contributed by atoms with Crippen molar-refractivity contribution in [2.75, 3.05) is 31.1 Å². The Morgan fingerprint density at radius 1 is 1.19 bits per heavy atom. The molecule has 1 aromatic carbocycles. The van der Waals surface area contributed by atoms with Crippen LogP contribution in [-0.4, -0.2) is 48.1 Å². The Morgan fingerprint density at radius 2 is 1.86 bits per heavy atom. The number of piperazine rings is 1. The summed E-state index contributed by atoms with van der Waals surface area (Å²) in [6.45, 7) is 4.74. The normalized spacial score (nSPS) is 15.1. The lowest BCUT2D eigenvalue weighted by molar-refractivity contribution is -0.141. The highest BCUT2D eigenvalue weighted by Crippen LogP contribution is 2.25.